The molecule has 1 aliphatic heterocycles. The van der Waals surface area contributed by atoms with E-state index in [1.165, 1.54) is 7.11 Å². The molecule has 3 aliphatic rings. The van der Waals surface area contributed by atoms with Crippen molar-refractivity contribution in [2.75, 3.05) is 34.6 Å². The van der Waals surface area contributed by atoms with E-state index in [4.69, 9.17) is 14.5 Å². The average Bonchev–Trinajstić information content (AvgIpc) is 3.92. The van der Waals surface area contributed by atoms with Crippen molar-refractivity contribution >= 4 is 58.8 Å². The minimum atomic E-state index is -1.49. The maximum absolute atomic E-state index is 13.4. The number of alkyl carbamates (subject to hydrolysis) is 1. The molecule has 0 radical (unpaired) electrons. The highest BCUT2D eigenvalue weighted by Crippen LogP contribution is 2.41. The number of carboxylic acid groups (broad SMARTS) is 1. The van der Waals surface area contributed by atoms with Crippen LogP contribution in [0.3, 0.4) is 0 Å². The number of rotatable bonds is 13. The van der Waals surface area contributed by atoms with Crippen molar-refractivity contribution in [2.45, 2.75) is 115 Å². The molecule has 0 unspecified atom stereocenters. The van der Waals surface area contributed by atoms with E-state index in [-0.39, 0.29) is 36.2 Å². The van der Waals surface area contributed by atoms with E-state index in [1.54, 1.807) is 75.3 Å². The third kappa shape index (κ3) is 9.16. The average molecular weight is 782 g/mol. The van der Waals surface area contributed by atoms with Crippen LogP contribution in [0.5, 0.6) is 5.75 Å². The number of hydrogen-bond donors (Lipinski definition) is 4. The van der Waals surface area contributed by atoms with Crippen molar-refractivity contribution in [1.82, 2.24) is 15.3 Å². The number of nitrogens with one attached hydrogen (secondary N) is 3. The first-order valence-electron chi connectivity index (χ1n) is 19.9. The van der Waals surface area contributed by atoms with Gasteiger partial charge < -0.3 is 40.3 Å². The van der Waals surface area contributed by atoms with Crippen LogP contribution < -0.4 is 30.5 Å². The number of carbonyl (C=O) groups excluding carboxylic acids is 3. The number of aromatic nitrogens is 2. The molecular formula is C43H55N7O7. The van der Waals surface area contributed by atoms with E-state index in [2.05, 4.69) is 25.8 Å². The lowest BCUT2D eigenvalue weighted by molar-refractivity contribution is -0.147. The van der Waals surface area contributed by atoms with Gasteiger partial charge in [-0.1, -0.05) is 56.9 Å². The fraction of sp³-hybridized carbons (Fsp3) is 0.488. The maximum Gasteiger partial charge on any atom is 0.408 e. The summed E-state index contributed by atoms with van der Waals surface area (Å²) in [6, 6.07) is 12.2. The van der Waals surface area contributed by atoms with E-state index >= 15 is 0 Å². The molecule has 3 aromatic rings. The summed E-state index contributed by atoms with van der Waals surface area (Å²) in [7, 11) is 3.29. The van der Waals surface area contributed by atoms with E-state index in [0.29, 0.717) is 53.6 Å². The molecular weight excluding hydrogens is 727 g/mol. The summed E-state index contributed by atoms with van der Waals surface area (Å²) in [6.45, 7) is 7.25. The number of anilines is 5. The van der Waals surface area contributed by atoms with Gasteiger partial charge in [-0.25, -0.2) is 14.6 Å². The Labute approximate surface area is 334 Å². The smallest absolute Gasteiger partial charge is 0.408 e. The number of nitrogens with zero attached hydrogens (tertiary/aromatic N) is 4. The third-order valence-electron chi connectivity index (χ3n) is 11.2. The molecule has 0 spiro atoms. The number of carbonyl (C=O) groups is 4. The molecule has 57 heavy (non-hydrogen) atoms. The highest BCUT2D eigenvalue weighted by Gasteiger charge is 2.48. The van der Waals surface area contributed by atoms with Gasteiger partial charge in [-0.3, -0.25) is 9.59 Å². The first-order valence-corrected chi connectivity index (χ1v) is 19.9. The van der Waals surface area contributed by atoms with Crippen LogP contribution >= 0.6 is 0 Å². The zero-order chi connectivity index (χ0) is 40.9. The van der Waals surface area contributed by atoms with Crippen LogP contribution in [0.4, 0.5) is 33.6 Å². The summed E-state index contributed by atoms with van der Waals surface area (Å²) in [4.78, 5) is 65.4. The molecule has 304 valence electrons. The van der Waals surface area contributed by atoms with E-state index in [9.17, 15) is 24.3 Å². The molecule has 6 rings (SSSR count). The standard InChI is InChI=1S/C43H55N7O7/c1-7-33-38(52)49(5)34-26-44-40(47-36(34)50(33)31-16-10-11-17-31)46-32-23-20-28(25-35(32)56-6)37(51)45-30-21-18-27(19-22-30)13-12-24-43(39(53)54,29-14-8-9-15-29)48-41(55)57-42(2,3)4/h12-13,18-23,25-26,29,31,33H,7-11,14-17,24H2,1-6H3,(H,45,51)(H,48,55)(H,53,54)(H,44,46,47)/t33-,43-/m1/s1. The van der Waals surface area contributed by atoms with E-state index in [1.807, 2.05) is 25.1 Å². The Bertz CT molecular complexity index is 1980. The van der Waals surface area contributed by atoms with Gasteiger partial charge in [0.25, 0.3) is 5.91 Å². The van der Waals surface area contributed by atoms with Gasteiger partial charge in [0, 0.05) is 24.3 Å². The van der Waals surface area contributed by atoms with Crippen LogP contribution in [0.25, 0.3) is 6.08 Å². The molecule has 2 heterocycles. The summed E-state index contributed by atoms with van der Waals surface area (Å²) in [5.41, 5.74) is 0.742. The molecule has 2 aromatic carbocycles. The zero-order valence-electron chi connectivity index (χ0n) is 33.8. The van der Waals surface area contributed by atoms with Crippen molar-refractivity contribution in [3.63, 3.8) is 0 Å². The van der Waals surface area contributed by atoms with Crippen molar-refractivity contribution in [2.24, 2.45) is 5.92 Å². The summed E-state index contributed by atoms with van der Waals surface area (Å²) < 4.78 is 11.1. The third-order valence-corrected chi connectivity index (χ3v) is 11.2. The van der Waals surface area contributed by atoms with Gasteiger partial charge in [-0.15, -0.1) is 0 Å². The number of benzene rings is 2. The second-order valence-corrected chi connectivity index (χ2v) is 16.2. The summed E-state index contributed by atoms with van der Waals surface area (Å²) in [5, 5.41) is 19.3. The number of carboxylic acids is 1. The highest BCUT2D eigenvalue weighted by molar-refractivity contribution is 6.05. The van der Waals surface area contributed by atoms with E-state index in [0.717, 1.165) is 49.9 Å². The Hall–Kier alpha value is -5.66. The lowest BCUT2D eigenvalue weighted by atomic mass is 9.79. The van der Waals surface area contributed by atoms with Crippen molar-refractivity contribution in [3.05, 3.63) is 65.9 Å². The molecule has 2 atom stereocenters. The first-order chi connectivity index (χ1) is 27.2. The Balaban J connectivity index is 1.12. The lowest BCUT2D eigenvalue weighted by Crippen LogP contribution is -2.59. The number of hydrogen-bond acceptors (Lipinski definition) is 10. The van der Waals surface area contributed by atoms with Crippen LogP contribution in [0.15, 0.2) is 54.7 Å². The van der Waals surface area contributed by atoms with Gasteiger partial charge in [-0.2, -0.15) is 4.98 Å². The Morgan fingerprint density at radius 2 is 1.68 bits per heavy atom. The minimum Gasteiger partial charge on any atom is -0.495 e. The van der Waals surface area contributed by atoms with Gasteiger partial charge >= 0.3 is 12.1 Å². The molecule has 2 saturated carbocycles. The summed E-state index contributed by atoms with van der Waals surface area (Å²) >= 11 is 0. The van der Waals surface area contributed by atoms with Crippen molar-refractivity contribution < 1.29 is 33.8 Å². The van der Waals surface area contributed by atoms with Gasteiger partial charge in [0.15, 0.2) is 5.82 Å². The van der Waals surface area contributed by atoms with Crippen LogP contribution in [0.1, 0.15) is 108 Å². The minimum absolute atomic E-state index is 0.0500. The van der Waals surface area contributed by atoms with Crippen molar-refractivity contribution in [1.29, 1.82) is 0 Å². The summed E-state index contributed by atoms with van der Waals surface area (Å²) in [5.74, 6) is -0.0850. The monoisotopic (exact) mass is 781 g/mol. The van der Waals surface area contributed by atoms with Crippen LogP contribution in [0.2, 0.25) is 0 Å². The van der Waals surface area contributed by atoms with Crippen molar-refractivity contribution in [3.8, 4) is 5.75 Å². The largest absolute Gasteiger partial charge is 0.495 e. The first kappa shape index (κ1) is 41.0. The topological polar surface area (TPSA) is 175 Å². The molecule has 1 aromatic heterocycles. The normalized spacial score (nSPS) is 18.6. The number of aliphatic carboxylic acids is 1. The predicted octanol–water partition coefficient (Wildman–Crippen LogP) is 7.93. The maximum atomic E-state index is 13.4. The highest BCUT2D eigenvalue weighted by atomic mass is 16.6. The fourth-order valence-corrected chi connectivity index (χ4v) is 8.30. The van der Waals surface area contributed by atoms with Gasteiger partial charge in [0.1, 0.15) is 28.6 Å². The number of likely N-dealkylation sites (N-methyl/N-ethyl adjacent to an activating group) is 1. The SMILES string of the molecule is CC[C@@H]1C(=O)N(C)c2cnc(Nc3ccc(C(=O)Nc4ccc(C=CC[C@](NC(=O)OC(C)(C)C)(C(=O)O)C5CCCC5)cc4)cc3OC)nc2N1C1CCCC1. The number of methoxy groups -OCH3 is 1. The molecule has 14 heteroatoms. The lowest BCUT2D eigenvalue weighted by Gasteiger charge is -2.43. The van der Waals surface area contributed by atoms with Gasteiger partial charge in [0.05, 0.1) is 19.0 Å². The van der Waals surface area contributed by atoms with Gasteiger partial charge in [0.2, 0.25) is 11.9 Å². The van der Waals surface area contributed by atoms with E-state index < -0.39 is 23.2 Å². The number of fused-ring (bicyclic) bond motifs is 1. The zero-order valence-corrected chi connectivity index (χ0v) is 33.8. The molecule has 3 amide bonds. The molecule has 0 bridgehead atoms. The number of amides is 3. The second-order valence-electron chi connectivity index (χ2n) is 16.2. The van der Waals surface area contributed by atoms with Crippen LogP contribution in [0, 0.1) is 5.92 Å². The Kier molecular flexibility index (Phi) is 12.4. The van der Waals surface area contributed by atoms with Crippen LogP contribution in [-0.4, -0.2) is 76.3 Å². The Morgan fingerprint density at radius 3 is 2.32 bits per heavy atom. The second kappa shape index (κ2) is 17.2. The number of ether oxygens (including phenoxy) is 2. The van der Waals surface area contributed by atoms with Gasteiger partial charge in [-0.05, 0) is 101 Å². The molecule has 2 fully saturated rings. The fourth-order valence-electron chi connectivity index (χ4n) is 8.30. The molecule has 0 saturated heterocycles. The molecule has 4 N–H and O–H groups in total. The Morgan fingerprint density at radius 1 is 1.00 bits per heavy atom. The molecule has 2 aliphatic carbocycles. The predicted molar refractivity (Wildman–Crippen MR) is 220 cm³/mol. The molecule has 14 nitrogen and oxygen atoms in total. The van der Waals surface area contributed by atoms with Crippen LogP contribution in [-0.2, 0) is 14.3 Å². The quantitative estimate of drug-likeness (QED) is 0.133. The summed E-state index contributed by atoms with van der Waals surface area (Å²) in [6.07, 6.45) is 12.8.